The fourth-order valence-corrected chi connectivity index (χ4v) is 3.51. The van der Waals surface area contributed by atoms with Crippen molar-refractivity contribution in [3.8, 4) is 11.3 Å². The van der Waals surface area contributed by atoms with Crippen molar-refractivity contribution in [1.29, 1.82) is 0 Å². The van der Waals surface area contributed by atoms with Crippen LogP contribution in [0.25, 0.3) is 11.3 Å². The number of aryl methyl sites for hydroxylation is 2. The Kier molecular flexibility index (Phi) is 7.13. The van der Waals surface area contributed by atoms with Gasteiger partial charge in [-0.15, -0.1) is 0 Å². The number of hydrogen-bond acceptors (Lipinski definition) is 4. The zero-order valence-corrected chi connectivity index (χ0v) is 18.4. The smallest absolute Gasteiger partial charge is 0.226 e. The van der Waals surface area contributed by atoms with E-state index in [1.807, 2.05) is 12.1 Å². The second-order valence-electron chi connectivity index (χ2n) is 7.20. The SMILES string of the molecule is CCC(=O)N(C)c1ccc(-c2ccc(C(=O)CCc3ccc(F)nc3C)cn2)c(Cl)c1. The number of ketones is 1. The molecule has 3 rings (SSSR count). The van der Waals surface area contributed by atoms with E-state index in [4.69, 9.17) is 11.6 Å². The second-order valence-corrected chi connectivity index (χ2v) is 7.61. The van der Waals surface area contributed by atoms with Crippen LogP contribution < -0.4 is 4.90 Å². The number of carbonyl (C=O) groups excluding carboxylic acids is 2. The summed E-state index contributed by atoms with van der Waals surface area (Å²) < 4.78 is 13.1. The molecule has 0 atom stereocenters. The van der Waals surface area contributed by atoms with Gasteiger partial charge in [0.1, 0.15) is 0 Å². The highest BCUT2D eigenvalue weighted by molar-refractivity contribution is 6.33. The van der Waals surface area contributed by atoms with E-state index >= 15 is 0 Å². The largest absolute Gasteiger partial charge is 0.315 e. The van der Waals surface area contributed by atoms with Gasteiger partial charge in [-0.2, -0.15) is 4.39 Å². The minimum absolute atomic E-state index is 0.00332. The number of anilines is 1. The molecule has 160 valence electrons. The highest BCUT2D eigenvalue weighted by Gasteiger charge is 2.13. The topological polar surface area (TPSA) is 63.2 Å². The molecule has 0 bridgehead atoms. The molecule has 7 heteroatoms. The van der Waals surface area contributed by atoms with E-state index in [-0.39, 0.29) is 18.1 Å². The number of benzene rings is 1. The molecule has 1 amide bonds. The Morgan fingerprint density at radius 2 is 1.90 bits per heavy atom. The average Bonchev–Trinajstić information content (AvgIpc) is 2.77. The van der Waals surface area contributed by atoms with Crippen LogP contribution >= 0.6 is 11.6 Å². The molecule has 0 unspecified atom stereocenters. The Morgan fingerprint density at radius 3 is 2.52 bits per heavy atom. The number of nitrogens with zero attached hydrogens (tertiary/aromatic N) is 3. The van der Waals surface area contributed by atoms with Gasteiger partial charge in [0.2, 0.25) is 11.9 Å². The first-order chi connectivity index (χ1) is 14.8. The molecule has 0 aliphatic rings. The van der Waals surface area contributed by atoms with Gasteiger partial charge >= 0.3 is 0 Å². The summed E-state index contributed by atoms with van der Waals surface area (Å²) in [5, 5.41) is 0.471. The number of pyridine rings is 2. The van der Waals surface area contributed by atoms with E-state index in [0.717, 1.165) is 11.1 Å². The average molecular weight is 440 g/mol. The first kappa shape index (κ1) is 22.6. The van der Waals surface area contributed by atoms with Crippen LogP contribution in [0, 0.1) is 12.9 Å². The lowest BCUT2D eigenvalue weighted by molar-refractivity contribution is -0.118. The first-order valence-electron chi connectivity index (χ1n) is 9.98. The normalized spacial score (nSPS) is 10.7. The van der Waals surface area contributed by atoms with Crippen LogP contribution in [-0.2, 0) is 11.2 Å². The van der Waals surface area contributed by atoms with E-state index in [1.54, 1.807) is 50.1 Å². The highest BCUT2D eigenvalue weighted by atomic mass is 35.5. The summed E-state index contributed by atoms with van der Waals surface area (Å²) in [5.41, 5.74) is 3.99. The van der Waals surface area contributed by atoms with E-state index in [1.165, 1.54) is 12.3 Å². The molecule has 31 heavy (non-hydrogen) atoms. The van der Waals surface area contributed by atoms with E-state index in [9.17, 15) is 14.0 Å². The minimum atomic E-state index is -0.525. The second kappa shape index (κ2) is 9.79. The Balaban J connectivity index is 1.70. The maximum Gasteiger partial charge on any atom is 0.226 e. The molecule has 3 aromatic rings. The molecule has 0 fully saturated rings. The zero-order valence-electron chi connectivity index (χ0n) is 17.7. The van der Waals surface area contributed by atoms with Gasteiger partial charge in [-0.1, -0.05) is 24.6 Å². The molecule has 2 heterocycles. The number of aromatic nitrogens is 2. The van der Waals surface area contributed by atoms with Crippen LogP contribution in [0.5, 0.6) is 0 Å². The van der Waals surface area contributed by atoms with Gasteiger partial charge in [-0.25, -0.2) is 4.98 Å². The van der Waals surface area contributed by atoms with Crippen LogP contribution in [0.3, 0.4) is 0 Å². The summed E-state index contributed by atoms with van der Waals surface area (Å²) in [6.45, 7) is 3.53. The zero-order chi connectivity index (χ0) is 22.5. The van der Waals surface area contributed by atoms with Crippen molar-refractivity contribution in [2.75, 3.05) is 11.9 Å². The standard InChI is InChI=1S/C24H23ClFN3O2/c1-4-24(31)29(3)18-8-9-19(20(25)13-18)21-10-5-17(14-27-21)22(30)11-6-16-7-12-23(26)28-15(16)2/h5,7-10,12-14H,4,6,11H2,1-3H3. The molecule has 5 nitrogen and oxygen atoms in total. The number of halogens is 2. The number of Topliss-reactive ketones (excluding diaryl/α,β-unsaturated/α-hetero) is 1. The van der Waals surface area contributed by atoms with Gasteiger partial charge in [0.05, 0.1) is 10.7 Å². The predicted molar refractivity (Wildman–Crippen MR) is 120 cm³/mol. The Labute approximate surface area is 185 Å². The molecule has 0 saturated heterocycles. The predicted octanol–water partition coefficient (Wildman–Crippen LogP) is 5.43. The number of rotatable bonds is 7. The molecule has 0 radical (unpaired) electrons. The van der Waals surface area contributed by atoms with E-state index in [0.29, 0.717) is 40.5 Å². The molecule has 0 aliphatic heterocycles. The van der Waals surface area contributed by atoms with Crippen LogP contribution in [0.4, 0.5) is 10.1 Å². The lowest BCUT2D eigenvalue weighted by Gasteiger charge is -2.17. The van der Waals surface area contributed by atoms with Gasteiger partial charge < -0.3 is 4.90 Å². The van der Waals surface area contributed by atoms with Crippen molar-refractivity contribution in [3.63, 3.8) is 0 Å². The van der Waals surface area contributed by atoms with Gasteiger partial charge in [-0.05, 0) is 55.3 Å². The molecule has 1 aromatic carbocycles. The number of carbonyl (C=O) groups is 2. The molecule has 0 aliphatic carbocycles. The van der Waals surface area contributed by atoms with Crippen molar-refractivity contribution in [1.82, 2.24) is 9.97 Å². The fourth-order valence-electron chi connectivity index (χ4n) is 3.24. The molecule has 2 aromatic heterocycles. The minimum Gasteiger partial charge on any atom is -0.315 e. The quantitative estimate of drug-likeness (QED) is 0.363. The summed E-state index contributed by atoms with van der Waals surface area (Å²) >= 11 is 6.42. The third kappa shape index (κ3) is 5.33. The third-order valence-electron chi connectivity index (χ3n) is 5.16. The van der Waals surface area contributed by atoms with Crippen LogP contribution in [-0.4, -0.2) is 28.7 Å². The van der Waals surface area contributed by atoms with Gasteiger partial charge in [0, 0.05) is 48.6 Å². The van der Waals surface area contributed by atoms with Crippen molar-refractivity contribution < 1.29 is 14.0 Å². The maximum atomic E-state index is 13.1. The number of hydrogen-bond donors (Lipinski definition) is 0. The Morgan fingerprint density at radius 1 is 1.13 bits per heavy atom. The summed E-state index contributed by atoms with van der Waals surface area (Å²) in [6.07, 6.45) is 2.70. The van der Waals surface area contributed by atoms with E-state index < -0.39 is 5.95 Å². The van der Waals surface area contributed by atoms with Crippen LogP contribution in [0.2, 0.25) is 5.02 Å². The van der Waals surface area contributed by atoms with Crippen molar-refractivity contribution in [3.05, 3.63) is 76.5 Å². The maximum absolute atomic E-state index is 13.1. The van der Waals surface area contributed by atoms with Gasteiger partial charge in [0.15, 0.2) is 5.78 Å². The molecule has 0 N–H and O–H groups in total. The third-order valence-corrected chi connectivity index (χ3v) is 5.47. The monoisotopic (exact) mass is 439 g/mol. The summed E-state index contributed by atoms with van der Waals surface area (Å²) in [4.78, 5) is 34.1. The fraction of sp³-hybridized carbons (Fsp3) is 0.250. The van der Waals surface area contributed by atoms with Crippen molar-refractivity contribution in [2.24, 2.45) is 0 Å². The molecule has 0 saturated carbocycles. The summed E-state index contributed by atoms with van der Waals surface area (Å²) in [7, 11) is 1.71. The number of amides is 1. The lowest BCUT2D eigenvalue weighted by Crippen LogP contribution is -2.24. The molecule has 0 spiro atoms. The molecular weight excluding hydrogens is 417 g/mol. The first-order valence-corrected chi connectivity index (χ1v) is 10.4. The van der Waals surface area contributed by atoms with Gasteiger partial charge in [-0.3, -0.25) is 14.6 Å². The summed E-state index contributed by atoms with van der Waals surface area (Å²) in [5.74, 6) is -0.581. The Bertz CT molecular complexity index is 1120. The van der Waals surface area contributed by atoms with Gasteiger partial charge in [0.25, 0.3) is 0 Å². The van der Waals surface area contributed by atoms with Crippen LogP contribution in [0.15, 0.2) is 48.7 Å². The molecular formula is C24H23ClFN3O2. The highest BCUT2D eigenvalue weighted by Crippen LogP contribution is 2.30. The van der Waals surface area contributed by atoms with Crippen LogP contribution in [0.1, 0.15) is 41.4 Å². The van der Waals surface area contributed by atoms with Crippen molar-refractivity contribution in [2.45, 2.75) is 33.1 Å². The summed E-state index contributed by atoms with van der Waals surface area (Å²) in [6, 6.07) is 11.8. The van der Waals surface area contributed by atoms with E-state index in [2.05, 4.69) is 9.97 Å². The Hall–Kier alpha value is -3.12. The lowest BCUT2D eigenvalue weighted by atomic mass is 10.0. The van der Waals surface area contributed by atoms with Crippen molar-refractivity contribution >= 4 is 29.0 Å².